The summed E-state index contributed by atoms with van der Waals surface area (Å²) < 4.78 is 0.970. The van der Waals surface area contributed by atoms with Crippen molar-refractivity contribution in [3.63, 3.8) is 0 Å². The molecule has 5 heteroatoms. The quantitative estimate of drug-likeness (QED) is 0.920. The van der Waals surface area contributed by atoms with Crippen LogP contribution in [-0.4, -0.2) is 9.97 Å². The number of anilines is 1. The Morgan fingerprint density at radius 3 is 2.20 bits per heavy atom. The summed E-state index contributed by atoms with van der Waals surface area (Å²) in [6, 6.07) is 7.59. The van der Waals surface area contributed by atoms with Crippen LogP contribution >= 0.6 is 27.7 Å². The molecule has 3 nitrogen and oxygen atoms in total. The van der Waals surface area contributed by atoms with Gasteiger partial charge in [-0.25, -0.2) is 9.97 Å². The van der Waals surface area contributed by atoms with Gasteiger partial charge in [0.1, 0.15) is 10.1 Å². The van der Waals surface area contributed by atoms with Gasteiger partial charge in [-0.05, 0) is 40.2 Å². The molecule has 76 valence electrons. The largest absolute Gasteiger partial charge is 0.397 e. The third-order valence-electron chi connectivity index (χ3n) is 1.67. The van der Waals surface area contributed by atoms with E-state index >= 15 is 0 Å². The molecule has 0 atom stereocenters. The number of nitrogens with zero attached hydrogens (tertiary/aromatic N) is 2. The fraction of sp³-hybridized carbons (Fsp3) is 0. The van der Waals surface area contributed by atoms with E-state index in [0.29, 0.717) is 5.69 Å². The summed E-state index contributed by atoms with van der Waals surface area (Å²) in [6.07, 6.45) is 3.40. The van der Waals surface area contributed by atoms with Crippen LogP contribution in [0, 0.1) is 0 Å². The minimum Gasteiger partial charge on any atom is -0.397 e. The van der Waals surface area contributed by atoms with E-state index in [1.807, 2.05) is 24.3 Å². The second-order valence-electron chi connectivity index (χ2n) is 2.85. The van der Waals surface area contributed by atoms with Crippen LogP contribution in [0.5, 0.6) is 0 Å². The molecule has 0 aromatic carbocycles. The molecule has 0 unspecified atom stereocenters. The van der Waals surface area contributed by atoms with Gasteiger partial charge < -0.3 is 5.73 Å². The Labute approximate surface area is 100 Å². The van der Waals surface area contributed by atoms with E-state index in [0.717, 1.165) is 14.5 Å². The number of nitrogen functional groups attached to an aromatic ring is 1. The maximum absolute atomic E-state index is 5.55. The highest BCUT2D eigenvalue weighted by Gasteiger charge is 1.99. The topological polar surface area (TPSA) is 51.8 Å². The number of pyridine rings is 2. The molecule has 15 heavy (non-hydrogen) atoms. The van der Waals surface area contributed by atoms with E-state index in [4.69, 9.17) is 5.73 Å². The van der Waals surface area contributed by atoms with Gasteiger partial charge in [0.05, 0.1) is 11.9 Å². The highest BCUT2D eigenvalue weighted by atomic mass is 79.9. The first kappa shape index (κ1) is 10.4. The molecule has 2 N–H and O–H groups in total. The number of aromatic nitrogens is 2. The highest BCUT2D eigenvalue weighted by molar-refractivity contribution is 9.10. The Morgan fingerprint density at radius 2 is 1.67 bits per heavy atom. The fourth-order valence-electron chi connectivity index (χ4n) is 0.982. The molecule has 2 rings (SSSR count). The molecule has 0 spiro atoms. The summed E-state index contributed by atoms with van der Waals surface area (Å²) in [4.78, 5) is 8.42. The summed E-state index contributed by atoms with van der Waals surface area (Å²) in [7, 11) is 0. The van der Waals surface area contributed by atoms with E-state index in [1.54, 1.807) is 12.4 Å². The Bertz CT molecular complexity index is 398. The third-order valence-corrected chi connectivity index (χ3v) is 3.04. The van der Waals surface area contributed by atoms with Crippen LogP contribution in [0.4, 0.5) is 5.69 Å². The first-order chi connectivity index (χ1) is 7.24. The smallest absolute Gasteiger partial charge is 0.102 e. The number of hydrogen-bond donors (Lipinski definition) is 1. The lowest BCUT2D eigenvalue weighted by Gasteiger charge is -2.00. The molecular formula is C10H8BrN3S. The zero-order chi connectivity index (χ0) is 10.7. The monoisotopic (exact) mass is 281 g/mol. The highest BCUT2D eigenvalue weighted by Crippen LogP contribution is 2.24. The number of hydrogen-bond acceptors (Lipinski definition) is 4. The van der Waals surface area contributed by atoms with Crippen molar-refractivity contribution in [3.05, 3.63) is 41.1 Å². The molecule has 0 bridgehead atoms. The molecule has 2 heterocycles. The summed E-state index contributed by atoms with van der Waals surface area (Å²) in [5, 5.41) is 1.80. The molecule has 0 fully saturated rings. The molecule has 0 aliphatic rings. The molecule has 0 saturated carbocycles. The van der Waals surface area contributed by atoms with Gasteiger partial charge in [0.2, 0.25) is 0 Å². The fourth-order valence-corrected chi connectivity index (χ4v) is 1.91. The van der Waals surface area contributed by atoms with Gasteiger partial charge in [-0.1, -0.05) is 11.8 Å². The molecular weight excluding hydrogens is 274 g/mol. The van der Waals surface area contributed by atoms with Crippen LogP contribution < -0.4 is 5.73 Å². The molecule has 0 saturated heterocycles. The van der Waals surface area contributed by atoms with Crippen molar-refractivity contribution in [2.24, 2.45) is 0 Å². The average Bonchev–Trinajstić information content (AvgIpc) is 2.25. The molecule has 2 aromatic heterocycles. The van der Waals surface area contributed by atoms with Gasteiger partial charge in [0.15, 0.2) is 0 Å². The number of nitrogens with two attached hydrogens (primary N) is 1. The van der Waals surface area contributed by atoms with Gasteiger partial charge in [0.25, 0.3) is 0 Å². The van der Waals surface area contributed by atoms with Crippen LogP contribution in [0.1, 0.15) is 0 Å². The molecule has 0 aliphatic carbocycles. The SMILES string of the molecule is Nc1ccc(Sc2ccc(Br)cn2)nc1. The van der Waals surface area contributed by atoms with Crippen LogP contribution in [0.2, 0.25) is 0 Å². The van der Waals surface area contributed by atoms with E-state index in [9.17, 15) is 0 Å². The van der Waals surface area contributed by atoms with E-state index in [-0.39, 0.29) is 0 Å². The Kier molecular flexibility index (Phi) is 3.23. The van der Waals surface area contributed by atoms with Crippen molar-refractivity contribution in [1.29, 1.82) is 0 Å². The van der Waals surface area contributed by atoms with Gasteiger partial charge in [-0.3, -0.25) is 0 Å². The summed E-state index contributed by atoms with van der Waals surface area (Å²) in [5.74, 6) is 0. The normalized spacial score (nSPS) is 10.2. The second-order valence-corrected chi connectivity index (χ2v) is 4.80. The van der Waals surface area contributed by atoms with E-state index < -0.39 is 0 Å². The Morgan fingerprint density at radius 1 is 1.00 bits per heavy atom. The summed E-state index contributed by atoms with van der Waals surface area (Å²) >= 11 is 4.84. The maximum atomic E-state index is 5.55. The first-order valence-corrected chi connectivity index (χ1v) is 5.86. The minimum atomic E-state index is 0.670. The number of rotatable bonds is 2. The third kappa shape index (κ3) is 2.94. The lowest BCUT2D eigenvalue weighted by molar-refractivity contribution is 1.09. The van der Waals surface area contributed by atoms with Gasteiger partial charge >= 0.3 is 0 Å². The van der Waals surface area contributed by atoms with Gasteiger partial charge in [-0.2, -0.15) is 0 Å². The lowest BCUT2D eigenvalue weighted by atomic mass is 10.4. The lowest BCUT2D eigenvalue weighted by Crippen LogP contribution is -1.87. The zero-order valence-corrected chi connectivity index (χ0v) is 10.1. The van der Waals surface area contributed by atoms with Gasteiger partial charge in [-0.15, -0.1) is 0 Å². The molecule has 0 radical (unpaired) electrons. The molecule has 0 aliphatic heterocycles. The van der Waals surface area contributed by atoms with Gasteiger partial charge in [0, 0.05) is 10.7 Å². The van der Waals surface area contributed by atoms with Crippen molar-refractivity contribution >= 4 is 33.4 Å². The van der Waals surface area contributed by atoms with Crippen molar-refractivity contribution in [1.82, 2.24) is 9.97 Å². The second kappa shape index (κ2) is 4.63. The Balaban J connectivity index is 2.15. The minimum absolute atomic E-state index is 0.670. The Hall–Kier alpha value is -1.07. The molecule has 2 aromatic rings. The average molecular weight is 282 g/mol. The van der Waals surface area contributed by atoms with Crippen LogP contribution in [-0.2, 0) is 0 Å². The maximum Gasteiger partial charge on any atom is 0.102 e. The summed E-state index contributed by atoms with van der Waals surface area (Å²) in [5.41, 5.74) is 6.22. The summed E-state index contributed by atoms with van der Waals surface area (Å²) in [6.45, 7) is 0. The predicted molar refractivity (Wildman–Crippen MR) is 64.7 cm³/mol. The first-order valence-electron chi connectivity index (χ1n) is 4.25. The zero-order valence-electron chi connectivity index (χ0n) is 7.72. The van der Waals surface area contributed by atoms with E-state index in [2.05, 4.69) is 25.9 Å². The van der Waals surface area contributed by atoms with Crippen LogP contribution in [0.15, 0.2) is 51.2 Å². The molecule has 0 amide bonds. The van der Waals surface area contributed by atoms with Crippen molar-refractivity contribution in [3.8, 4) is 0 Å². The van der Waals surface area contributed by atoms with Crippen LogP contribution in [0.3, 0.4) is 0 Å². The standard InChI is InChI=1S/C10H8BrN3S/c11-7-1-3-9(13-5-7)15-10-4-2-8(12)6-14-10/h1-6H,12H2. The van der Waals surface area contributed by atoms with Crippen molar-refractivity contribution in [2.75, 3.05) is 5.73 Å². The predicted octanol–water partition coefficient (Wildman–Crippen LogP) is 2.97. The van der Waals surface area contributed by atoms with Crippen molar-refractivity contribution < 1.29 is 0 Å². The van der Waals surface area contributed by atoms with E-state index in [1.165, 1.54) is 11.8 Å². The van der Waals surface area contributed by atoms with Crippen molar-refractivity contribution in [2.45, 2.75) is 10.1 Å². The van der Waals surface area contributed by atoms with Crippen LogP contribution in [0.25, 0.3) is 0 Å². The number of halogens is 1.